The molecule has 1 unspecified atom stereocenters. The predicted molar refractivity (Wildman–Crippen MR) is 36.5 cm³/mol. The van der Waals surface area contributed by atoms with Crippen molar-refractivity contribution in [2.45, 2.75) is 12.5 Å². The minimum absolute atomic E-state index is 0.0182. The zero-order valence-corrected chi connectivity index (χ0v) is 5.76. The molecule has 1 saturated heterocycles. The van der Waals surface area contributed by atoms with Crippen molar-refractivity contribution in [2.24, 2.45) is 0 Å². The summed E-state index contributed by atoms with van der Waals surface area (Å²) in [5.74, 6) is 0.0182. The minimum atomic E-state index is 0.0182. The van der Waals surface area contributed by atoms with Crippen LogP contribution in [0.25, 0.3) is 0 Å². The second kappa shape index (κ2) is 3.53. The molecule has 1 rings (SSSR count). The van der Waals surface area contributed by atoms with Crippen LogP contribution in [0.15, 0.2) is 0 Å². The molecule has 1 fully saturated rings. The van der Waals surface area contributed by atoms with E-state index in [1.54, 1.807) is 0 Å². The number of aliphatic hydroxyl groups is 1. The van der Waals surface area contributed by atoms with Gasteiger partial charge in [0, 0.05) is 19.2 Å². The van der Waals surface area contributed by atoms with Gasteiger partial charge in [-0.2, -0.15) is 0 Å². The number of amides is 1. The first-order valence-corrected chi connectivity index (χ1v) is 3.44. The first-order chi connectivity index (χ1) is 4.83. The fraction of sp³-hybridized carbons (Fsp3) is 0.833. The molecule has 1 aliphatic heterocycles. The quantitative estimate of drug-likeness (QED) is 0.440. The van der Waals surface area contributed by atoms with Gasteiger partial charge in [-0.3, -0.25) is 4.79 Å². The molecular weight excluding hydrogens is 132 g/mol. The molecule has 4 heteroatoms. The molecule has 0 aromatic heterocycles. The monoisotopic (exact) mass is 144 g/mol. The highest BCUT2D eigenvalue weighted by Gasteiger charge is 2.15. The third-order valence-electron chi connectivity index (χ3n) is 1.52. The van der Waals surface area contributed by atoms with Crippen molar-refractivity contribution in [3.63, 3.8) is 0 Å². The molecule has 1 aliphatic rings. The zero-order valence-electron chi connectivity index (χ0n) is 5.76. The lowest BCUT2D eigenvalue weighted by molar-refractivity contribution is -0.122. The van der Waals surface area contributed by atoms with Gasteiger partial charge in [-0.25, -0.2) is 0 Å². The topological polar surface area (TPSA) is 61.4 Å². The smallest absolute Gasteiger partial charge is 0.234 e. The van der Waals surface area contributed by atoms with E-state index < -0.39 is 0 Å². The fourth-order valence-corrected chi connectivity index (χ4v) is 1.02. The lowest BCUT2D eigenvalue weighted by Gasteiger charge is -2.23. The minimum Gasteiger partial charge on any atom is -0.396 e. The van der Waals surface area contributed by atoms with Crippen molar-refractivity contribution in [3.8, 4) is 0 Å². The second-order valence-electron chi connectivity index (χ2n) is 2.41. The van der Waals surface area contributed by atoms with Gasteiger partial charge in [-0.15, -0.1) is 0 Å². The third kappa shape index (κ3) is 1.97. The summed E-state index contributed by atoms with van der Waals surface area (Å²) >= 11 is 0. The van der Waals surface area contributed by atoms with Crippen LogP contribution in [0.2, 0.25) is 0 Å². The summed E-state index contributed by atoms with van der Waals surface area (Å²) in [6, 6.07) is 0.117. The molecule has 0 radical (unpaired) electrons. The third-order valence-corrected chi connectivity index (χ3v) is 1.52. The Balaban J connectivity index is 2.25. The van der Waals surface area contributed by atoms with Crippen LogP contribution in [0.5, 0.6) is 0 Å². The molecule has 1 heterocycles. The maximum Gasteiger partial charge on any atom is 0.234 e. The molecule has 0 aromatic carbocycles. The van der Waals surface area contributed by atoms with Crippen LogP contribution >= 0.6 is 0 Å². The summed E-state index contributed by atoms with van der Waals surface area (Å²) in [6.07, 6.45) is 0.638. The van der Waals surface area contributed by atoms with E-state index in [2.05, 4.69) is 10.6 Å². The van der Waals surface area contributed by atoms with E-state index in [0.29, 0.717) is 13.0 Å². The Morgan fingerprint density at radius 3 is 3.10 bits per heavy atom. The van der Waals surface area contributed by atoms with Gasteiger partial charge in [0.25, 0.3) is 0 Å². The van der Waals surface area contributed by atoms with Crippen LogP contribution in [0, 0.1) is 0 Å². The largest absolute Gasteiger partial charge is 0.396 e. The summed E-state index contributed by atoms with van der Waals surface area (Å²) in [5.41, 5.74) is 0. The Kier molecular flexibility index (Phi) is 2.65. The van der Waals surface area contributed by atoms with Gasteiger partial charge in [-0.1, -0.05) is 0 Å². The Morgan fingerprint density at radius 1 is 1.70 bits per heavy atom. The van der Waals surface area contributed by atoms with Crippen molar-refractivity contribution in [1.29, 1.82) is 0 Å². The van der Waals surface area contributed by atoms with E-state index in [0.717, 1.165) is 6.54 Å². The lowest BCUT2D eigenvalue weighted by atomic mass is 10.2. The van der Waals surface area contributed by atoms with Crippen LogP contribution in [0.4, 0.5) is 0 Å². The average Bonchev–Trinajstić information content (AvgIpc) is 1.88. The molecule has 1 amide bonds. The number of piperazine rings is 1. The molecule has 0 bridgehead atoms. The summed E-state index contributed by atoms with van der Waals surface area (Å²) < 4.78 is 0. The fourth-order valence-electron chi connectivity index (χ4n) is 1.02. The maximum absolute atomic E-state index is 10.7. The zero-order chi connectivity index (χ0) is 7.40. The van der Waals surface area contributed by atoms with Crippen molar-refractivity contribution >= 4 is 5.91 Å². The Morgan fingerprint density at radius 2 is 2.50 bits per heavy atom. The Hall–Kier alpha value is -0.610. The molecule has 58 valence electrons. The molecule has 0 aromatic rings. The highest BCUT2D eigenvalue weighted by molar-refractivity contribution is 5.79. The number of nitrogens with one attached hydrogen (secondary N) is 2. The SMILES string of the molecule is O=C1CNCC(CCO)N1. The van der Waals surface area contributed by atoms with Crippen LogP contribution in [-0.2, 0) is 4.79 Å². The maximum atomic E-state index is 10.7. The Labute approximate surface area is 59.6 Å². The van der Waals surface area contributed by atoms with Gasteiger partial charge in [-0.05, 0) is 6.42 Å². The van der Waals surface area contributed by atoms with Crippen molar-refractivity contribution in [1.82, 2.24) is 10.6 Å². The molecule has 4 nitrogen and oxygen atoms in total. The number of aliphatic hydroxyl groups excluding tert-OH is 1. The molecule has 3 N–H and O–H groups in total. The number of hydrogen-bond acceptors (Lipinski definition) is 3. The first kappa shape index (κ1) is 7.50. The molecule has 0 spiro atoms. The number of carbonyl (C=O) groups is 1. The van der Waals surface area contributed by atoms with Gasteiger partial charge in [0.2, 0.25) is 5.91 Å². The summed E-state index contributed by atoms with van der Waals surface area (Å²) in [5, 5.41) is 14.2. The predicted octanol–water partition coefficient (Wildman–Crippen LogP) is -1.54. The molecule has 10 heavy (non-hydrogen) atoms. The average molecular weight is 144 g/mol. The van der Waals surface area contributed by atoms with Gasteiger partial charge < -0.3 is 15.7 Å². The first-order valence-electron chi connectivity index (χ1n) is 3.44. The van der Waals surface area contributed by atoms with Gasteiger partial charge in [0.05, 0.1) is 6.54 Å². The lowest BCUT2D eigenvalue weighted by Crippen LogP contribution is -2.52. The molecule has 1 atom stereocenters. The van der Waals surface area contributed by atoms with Crippen LogP contribution in [0.3, 0.4) is 0 Å². The summed E-state index contributed by atoms with van der Waals surface area (Å²) in [4.78, 5) is 10.7. The van der Waals surface area contributed by atoms with E-state index in [9.17, 15) is 4.79 Å². The van der Waals surface area contributed by atoms with Crippen LogP contribution in [-0.4, -0.2) is 36.8 Å². The van der Waals surface area contributed by atoms with Gasteiger partial charge in [0.1, 0.15) is 0 Å². The highest BCUT2D eigenvalue weighted by Crippen LogP contribution is 1.92. The normalized spacial score (nSPS) is 26.1. The van der Waals surface area contributed by atoms with Gasteiger partial charge in [0.15, 0.2) is 0 Å². The summed E-state index contributed by atoms with van der Waals surface area (Å²) in [7, 11) is 0. The van der Waals surface area contributed by atoms with E-state index in [-0.39, 0.29) is 18.6 Å². The Bertz CT molecular complexity index is 125. The van der Waals surface area contributed by atoms with E-state index in [1.807, 2.05) is 0 Å². The molecule has 0 aliphatic carbocycles. The van der Waals surface area contributed by atoms with E-state index in [4.69, 9.17) is 5.11 Å². The van der Waals surface area contributed by atoms with Crippen LogP contribution < -0.4 is 10.6 Å². The van der Waals surface area contributed by atoms with E-state index >= 15 is 0 Å². The van der Waals surface area contributed by atoms with E-state index in [1.165, 1.54) is 0 Å². The van der Waals surface area contributed by atoms with Crippen LogP contribution in [0.1, 0.15) is 6.42 Å². The number of carbonyl (C=O) groups excluding carboxylic acids is 1. The van der Waals surface area contributed by atoms with Crippen molar-refractivity contribution in [2.75, 3.05) is 19.7 Å². The molecular formula is C6H12N2O2. The van der Waals surface area contributed by atoms with Gasteiger partial charge >= 0.3 is 0 Å². The standard InChI is InChI=1S/C6H12N2O2/c9-2-1-5-3-7-4-6(10)8-5/h5,7,9H,1-4H2,(H,8,10). The number of rotatable bonds is 2. The molecule has 0 saturated carbocycles. The van der Waals surface area contributed by atoms with Crippen molar-refractivity contribution in [3.05, 3.63) is 0 Å². The highest BCUT2D eigenvalue weighted by atomic mass is 16.3. The second-order valence-corrected chi connectivity index (χ2v) is 2.41. The summed E-state index contributed by atoms with van der Waals surface area (Å²) in [6.45, 7) is 1.31. The number of hydrogen-bond donors (Lipinski definition) is 3. The van der Waals surface area contributed by atoms with Crippen molar-refractivity contribution < 1.29 is 9.90 Å².